The number of anilines is 1. The van der Waals surface area contributed by atoms with Crippen molar-refractivity contribution in [1.82, 2.24) is 20.2 Å². The lowest BCUT2D eigenvalue weighted by Crippen LogP contribution is -2.53. The van der Waals surface area contributed by atoms with Crippen molar-refractivity contribution in [1.29, 1.82) is 0 Å². The monoisotopic (exact) mass is 479 g/mol. The predicted molar refractivity (Wildman–Crippen MR) is 135 cm³/mol. The molecule has 0 bridgehead atoms. The van der Waals surface area contributed by atoms with Gasteiger partial charge in [-0.25, -0.2) is 9.97 Å². The molecule has 33 heavy (non-hydrogen) atoms. The van der Waals surface area contributed by atoms with Gasteiger partial charge in [0, 0.05) is 43.8 Å². The molecule has 0 spiro atoms. The lowest BCUT2D eigenvalue weighted by molar-refractivity contribution is -0.146. The van der Waals surface area contributed by atoms with Gasteiger partial charge in [0.1, 0.15) is 17.2 Å². The quantitative estimate of drug-likeness (QED) is 0.390. The third-order valence-electron chi connectivity index (χ3n) is 5.63. The van der Waals surface area contributed by atoms with Gasteiger partial charge in [0.25, 0.3) is 5.91 Å². The van der Waals surface area contributed by atoms with Gasteiger partial charge in [-0.3, -0.25) is 9.59 Å². The van der Waals surface area contributed by atoms with Crippen LogP contribution in [-0.4, -0.2) is 78.1 Å². The summed E-state index contributed by atoms with van der Waals surface area (Å²) in [6, 6.07) is -0.107. The zero-order valence-electron chi connectivity index (χ0n) is 21.2. The highest BCUT2D eigenvalue weighted by Crippen LogP contribution is 2.25. The molecule has 0 radical (unpaired) electrons. The molecule has 1 unspecified atom stereocenters. The summed E-state index contributed by atoms with van der Waals surface area (Å²) in [4.78, 5) is 37.2. The molecule has 0 aromatic carbocycles. The molecule has 9 heteroatoms. The Kier molecular flexibility index (Phi) is 10.4. The van der Waals surface area contributed by atoms with Crippen molar-refractivity contribution in [2.24, 2.45) is 11.8 Å². The normalized spacial score (nSPS) is 18.8. The first-order valence-electron chi connectivity index (χ1n) is 11.8. The lowest BCUT2D eigenvalue weighted by atomic mass is 9.93. The second-order valence-corrected chi connectivity index (χ2v) is 11.1. The van der Waals surface area contributed by atoms with E-state index in [9.17, 15) is 9.59 Å². The fraction of sp³-hybridized carbons (Fsp3) is 0.750. The highest BCUT2D eigenvalue weighted by Gasteiger charge is 2.35. The van der Waals surface area contributed by atoms with Crippen LogP contribution < -0.4 is 10.6 Å². The van der Waals surface area contributed by atoms with E-state index < -0.39 is 0 Å². The minimum Gasteiger partial charge on any atom is -0.469 e. The zero-order valence-corrected chi connectivity index (χ0v) is 22.1. The molecule has 1 aromatic rings. The Bertz CT molecular complexity index is 797. The molecule has 0 aliphatic carbocycles. The lowest BCUT2D eigenvalue weighted by Gasteiger charge is -2.38. The average molecular weight is 480 g/mol. The Morgan fingerprint density at radius 3 is 2.67 bits per heavy atom. The summed E-state index contributed by atoms with van der Waals surface area (Å²) in [6.07, 6.45) is 5.30. The third-order valence-corrected chi connectivity index (χ3v) is 6.33. The Labute approximate surface area is 203 Å². The smallest absolute Gasteiger partial charge is 0.310 e. The fourth-order valence-corrected chi connectivity index (χ4v) is 4.34. The molecule has 1 fully saturated rings. The van der Waals surface area contributed by atoms with E-state index in [2.05, 4.69) is 56.5 Å². The molecule has 8 nitrogen and oxygen atoms in total. The summed E-state index contributed by atoms with van der Waals surface area (Å²) < 4.78 is 4.96. The molecular formula is C24H41N5O3S. The van der Waals surface area contributed by atoms with Crippen LogP contribution in [0.15, 0.2) is 6.20 Å². The van der Waals surface area contributed by atoms with Gasteiger partial charge in [-0.05, 0) is 30.8 Å². The number of amides is 1. The van der Waals surface area contributed by atoms with Gasteiger partial charge in [0.15, 0.2) is 0 Å². The van der Waals surface area contributed by atoms with Crippen LogP contribution in [0.1, 0.15) is 63.6 Å². The van der Waals surface area contributed by atoms with Crippen LogP contribution >= 0.6 is 11.8 Å². The highest BCUT2D eigenvalue weighted by atomic mass is 32.2. The summed E-state index contributed by atoms with van der Waals surface area (Å²) in [6.45, 7) is 12.9. The van der Waals surface area contributed by atoms with Crippen LogP contribution in [0.5, 0.6) is 0 Å². The van der Waals surface area contributed by atoms with Crippen LogP contribution in [0.2, 0.25) is 0 Å². The molecule has 0 saturated carbocycles. The first-order chi connectivity index (χ1) is 15.6. The number of methoxy groups -OCH3 is 1. The minimum absolute atomic E-state index is 0.103. The molecule has 1 saturated heterocycles. The van der Waals surface area contributed by atoms with Crippen molar-refractivity contribution < 1.29 is 14.3 Å². The molecule has 2 heterocycles. The number of carbonyl (C=O) groups excluding carboxylic acids is 2. The molecule has 2 rings (SSSR count). The maximum atomic E-state index is 13.9. The zero-order chi connectivity index (χ0) is 24.6. The van der Waals surface area contributed by atoms with Crippen LogP contribution in [-0.2, 0) is 14.9 Å². The van der Waals surface area contributed by atoms with E-state index in [-0.39, 0.29) is 35.2 Å². The molecule has 1 aromatic heterocycles. The summed E-state index contributed by atoms with van der Waals surface area (Å²) in [7, 11) is 1.41. The van der Waals surface area contributed by atoms with Crippen LogP contribution in [0.25, 0.3) is 0 Å². The maximum absolute atomic E-state index is 13.9. The number of ether oxygens (including phenoxy) is 1. The molecule has 2 atom stereocenters. The number of hydrogen-bond acceptors (Lipinski definition) is 8. The molecule has 186 valence electrons. The van der Waals surface area contributed by atoms with Gasteiger partial charge in [0.2, 0.25) is 0 Å². The third kappa shape index (κ3) is 7.84. The molecule has 1 aliphatic heterocycles. The SMILES string of the molecule is COC(=O)[C@H]1CNCC(N(CC(C)C)C(=O)c2cnc(C(C)(C)C)nc2NCCCSC)C1. The number of hydrogen-bond donors (Lipinski definition) is 2. The Morgan fingerprint density at radius 1 is 1.33 bits per heavy atom. The maximum Gasteiger partial charge on any atom is 0.310 e. The van der Waals surface area contributed by atoms with Crippen LogP contribution in [0.4, 0.5) is 5.82 Å². The second kappa shape index (κ2) is 12.6. The van der Waals surface area contributed by atoms with E-state index >= 15 is 0 Å². The van der Waals surface area contributed by atoms with E-state index in [1.807, 2.05) is 4.90 Å². The van der Waals surface area contributed by atoms with E-state index in [4.69, 9.17) is 9.72 Å². The summed E-state index contributed by atoms with van der Waals surface area (Å²) >= 11 is 1.80. The molecule has 1 amide bonds. The summed E-state index contributed by atoms with van der Waals surface area (Å²) in [5.74, 6) is 2.00. The topological polar surface area (TPSA) is 96.5 Å². The average Bonchev–Trinajstić information content (AvgIpc) is 2.78. The molecule has 1 aliphatic rings. The number of nitrogens with zero attached hydrogens (tertiary/aromatic N) is 3. The Hall–Kier alpha value is -1.87. The van der Waals surface area contributed by atoms with Gasteiger partial charge in [-0.15, -0.1) is 0 Å². The van der Waals surface area contributed by atoms with E-state index in [1.165, 1.54) is 7.11 Å². The van der Waals surface area contributed by atoms with Crippen LogP contribution in [0.3, 0.4) is 0 Å². The number of aromatic nitrogens is 2. The van der Waals surface area contributed by atoms with E-state index in [1.54, 1.807) is 18.0 Å². The predicted octanol–water partition coefficient (Wildman–Crippen LogP) is 3.19. The first kappa shape index (κ1) is 27.4. The minimum atomic E-state index is -0.264. The number of esters is 1. The van der Waals surface area contributed by atoms with E-state index in [0.29, 0.717) is 43.3 Å². The molecular weight excluding hydrogens is 438 g/mol. The second-order valence-electron chi connectivity index (χ2n) is 10.1. The van der Waals surface area contributed by atoms with Gasteiger partial charge in [-0.2, -0.15) is 11.8 Å². The van der Waals surface area contributed by atoms with Gasteiger partial charge >= 0.3 is 5.97 Å². The number of piperidine rings is 1. The first-order valence-corrected chi connectivity index (χ1v) is 13.2. The largest absolute Gasteiger partial charge is 0.469 e. The summed E-state index contributed by atoms with van der Waals surface area (Å²) in [5.41, 5.74) is 0.253. The summed E-state index contributed by atoms with van der Waals surface area (Å²) in [5, 5.41) is 6.70. The Balaban J connectivity index is 2.36. The van der Waals surface area contributed by atoms with Gasteiger partial charge in [-0.1, -0.05) is 34.6 Å². The van der Waals surface area contributed by atoms with Crippen molar-refractivity contribution in [3.8, 4) is 0 Å². The number of carbonyl (C=O) groups is 2. The number of rotatable bonds is 10. The van der Waals surface area contributed by atoms with Crippen molar-refractivity contribution in [2.45, 2.75) is 58.9 Å². The van der Waals surface area contributed by atoms with Crippen molar-refractivity contribution in [2.75, 3.05) is 50.6 Å². The van der Waals surface area contributed by atoms with Gasteiger partial charge < -0.3 is 20.3 Å². The van der Waals surface area contributed by atoms with E-state index in [0.717, 1.165) is 18.7 Å². The van der Waals surface area contributed by atoms with Crippen molar-refractivity contribution >= 4 is 29.5 Å². The van der Waals surface area contributed by atoms with Crippen molar-refractivity contribution in [3.05, 3.63) is 17.6 Å². The van der Waals surface area contributed by atoms with Crippen LogP contribution in [0, 0.1) is 11.8 Å². The number of thioether (sulfide) groups is 1. The van der Waals surface area contributed by atoms with Crippen molar-refractivity contribution in [3.63, 3.8) is 0 Å². The highest BCUT2D eigenvalue weighted by molar-refractivity contribution is 7.98. The fourth-order valence-electron chi connectivity index (χ4n) is 3.91. The molecule has 2 N–H and O–H groups in total. The standard InChI is InChI=1S/C24H41N5O3S/c1-16(2)15-29(18-11-17(12-25-13-18)22(31)32-6)21(30)19-14-27-23(24(3,4)5)28-20(19)26-9-8-10-33-7/h14,16-18,25H,8-13,15H2,1-7H3,(H,26,27,28)/t17-,18?/m1/s1. The van der Waals surface area contributed by atoms with Gasteiger partial charge in [0.05, 0.1) is 13.0 Å². The number of nitrogens with one attached hydrogen (secondary N) is 2. The Morgan fingerprint density at radius 2 is 2.06 bits per heavy atom.